The number of ether oxygens (including phenoxy) is 1. The largest absolute Gasteiger partial charge is 1.00 e. The Morgan fingerprint density at radius 1 is 1.16 bits per heavy atom. The van der Waals surface area contributed by atoms with Crippen molar-refractivity contribution < 1.29 is 31.0 Å². The molecule has 1 unspecified atom stereocenters. The van der Waals surface area contributed by atoms with Crippen molar-refractivity contribution in [1.82, 2.24) is 0 Å². The number of quaternary nitrogens is 1. The van der Waals surface area contributed by atoms with E-state index in [0.717, 1.165) is 43.3 Å². The molecule has 2 heterocycles. The Morgan fingerprint density at radius 3 is 2.28 bits per heavy atom. The lowest BCUT2D eigenvalue weighted by Crippen LogP contribution is -3.00. The van der Waals surface area contributed by atoms with E-state index in [2.05, 4.69) is 40.1 Å². The fourth-order valence-corrected chi connectivity index (χ4v) is 5.40. The highest BCUT2D eigenvalue weighted by atomic mass is 79.9. The summed E-state index contributed by atoms with van der Waals surface area (Å²) in [5.74, 6) is 0.451. The maximum atomic E-state index is 13.3. The van der Waals surface area contributed by atoms with Crippen molar-refractivity contribution in [2.24, 2.45) is 5.92 Å². The van der Waals surface area contributed by atoms with Gasteiger partial charge in [-0.05, 0) is 44.7 Å². The Kier molecular flexibility index (Phi) is 6.77. The lowest BCUT2D eigenvalue weighted by Gasteiger charge is -2.39. The van der Waals surface area contributed by atoms with Crippen LogP contribution in [0.1, 0.15) is 55.2 Å². The van der Waals surface area contributed by atoms with Gasteiger partial charge in [0.15, 0.2) is 0 Å². The maximum absolute atomic E-state index is 13.3. The summed E-state index contributed by atoms with van der Waals surface area (Å²) in [7, 11) is 4.52. The number of rotatable bonds is 4. The minimum Gasteiger partial charge on any atom is -1.00 e. The highest BCUT2D eigenvalue weighted by Gasteiger charge is 2.47. The number of hydrogen-bond donors (Lipinski definition) is 0. The zero-order valence-corrected chi connectivity index (χ0v) is 18.4. The second kappa shape index (κ2) is 8.10. The van der Waals surface area contributed by atoms with Crippen LogP contribution in [0.5, 0.6) is 0 Å². The van der Waals surface area contributed by atoms with Crippen LogP contribution in [0.15, 0.2) is 12.1 Å². The van der Waals surface area contributed by atoms with E-state index in [1.54, 1.807) is 11.3 Å². The minimum atomic E-state index is -0.461. The Morgan fingerprint density at radius 2 is 1.76 bits per heavy atom. The summed E-state index contributed by atoms with van der Waals surface area (Å²) >= 11 is 1.77. The standard InChI is InChI=1S/C20H32NO2S.BrH/c1-15-9-10-18(24-15)20(2,16-7-5-6-8-16)19(22)23-17-11-13-21(3,4)14-12-17;/h9-10,16-17H,5-8,11-14H2,1-4H3;1H/q+1;/p-1. The van der Waals surface area contributed by atoms with Crippen LogP contribution >= 0.6 is 11.3 Å². The lowest BCUT2D eigenvalue weighted by atomic mass is 9.74. The highest BCUT2D eigenvalue weighted by Crippen LogP contribution is 2.45. The summed E-state index contributed by atoms with van der Waals surface area (Å²) in [6, 6.07) is 4.29. The maximum Gasteiger partial charge on any atom is 0.317 e. The van der Waals surface area contributed by atoms with Crippen LogP contribution in [0.4, 0.5) is 0 Å². The minimum absolute atomic E-state index is 0. The fourth-order valence-electron chi connectivity index (χ4n) is 4.32. The van der Waals surface area contributed by atoms with Crippen molar-refractivity contribution in [3.8, 4) is 0 Å². The zero-order chi connectivity index (χ0) is 17.4. The number of nitrogens with zero attached hydrogens (tertiary/aromatic N) is 1. The molecule has 1 saturated heterocycles. The third-order valence-corrected chi connectivity index (χ3v) is 7.47. The SMILES string of the molecule is Cc1ccc(C(C)(C(=O)OC2CC[N+](C)(C)CC2)C2CCCC2)s1.[Br-]. The summed E-state index contributed by atoms with van der Waals surface area (Å²) in [5, 5.41) is 0. The van der Waals surface area contributed by atoms with Gasteiger partial charge in [0.1, 0.15) is 11.5 Å². The van der Waals surface area contributed by atoms with Crippen molar-refractivity contribution in [2.45, 2.75) is 63.9 Å². The van der Waals surface area contributed by atoms with E-state index in [4.69, 9.17) is 4.74 Å². The molecule has 1 aromatic heterocycles. The molecule has 1 aliphatic carbocycles. The number of likely N-dealkylation sites (tertiary alicyclic amines) is 1. The van der Waals surface area contributed by atoms with Gasteiger partial charge in [0.25, 0.3) is 0 Å². The van der Waals surface area contributed by atoms with Gasteiger partial charge in [-0.25, -0.2) is 0 Å². The molecule has 0 spiro atoms. The Bertz CT molecular complexity index is 584. The fraction of sp³-hybridized carbons (Fsp3) is 0.750. The summed E-state index contributed by atoms with van der Waals surface area (Å²) in [5.41, 5.74) is -0.461. The molecule has 1 saturated carbocycles. The molecule has 2 aliphatic rings. The van der Waals surface area contributed by atoms with E-state index < -0.39 is 5.41 Å². The van der Waals surface area contributed by atoms with Crippen molar-refractivity contribution in [1.29, 1.82) is 0 Å². The summed E-state index contributed by atoms with van der Waals surface area (Å²) in [4.78, 5) is 15.7. The quantitative estimate of drug-likeness (QED) is 0.532. The van der Waals surface area contributed by atoms with Crippen LogP contribution in [-0.2, 0) is 14.9 Å². The van der Waals surface area contributed by atoms with Crippen LogP contribution in [0.25, 0.3) is 0 Å². The number of hydrogen-bond acceptors (Lipinski definition) is 3. The average molecular weight is 430 g/mol. The number of thiophene rings is 1. The Hall–Kier alpha value is -0.390. The van der Waals surface area contributed by atoms with Gasteiger partial charge in [-0.2, -0.15) is 0 Å². The topological polar surface area (TPSA) is 26.3 Å². The predicted octanol–water partition coefficient (Wildman–Crippen LogP) is 1.29. The normalized spacial score (nSPS) is 23.7. The Labute approximate surface area is 167 Å². The summed E-state index contributed by atoms with van der Waals surface area (Å²) in [6.45, 7) is 6.45. The van der Waals surface area contributed by atoms with E-state index in [9.17, 15) is 4.79 Å². The van der Waals surface area contributed by atoms with Crippen molar-refractivity contribution in [2.75, 3.05) is 27.2 Å². The van der Waals surface area contributed by atoms with Crippen LogP contribution in [0.2, 0.25) is 0 Å². The van der Waals surface area contributed by atoms with Gasteiger partial charge in [0.05, 0.1) is 27.2 Å². The number of aryl methyl sites for hydroxylation is 1. The molecule has 0 N–H and O–H groups in total. The molecule has 0 aromatic carbocycles. The van der Waals surface area contributed by atoms with Crippen LogP contribution in [0.3, 0.4) is 0 Å². The smallest absolute Gasteiger partial charge is 0.317 e. The van der Waals surface area contributed by atoms with Gasteiger partial charge in [-0.15, -0.1) is 11.3 Å². The molecule has 0 amide bonds. The van der Waals surface area contributed by atoms with E-state index in [-0.39, 0.29) is 29.1 Å². The third kappa shape index (κ3) is 4.48. The van der Waals surface area contributed by atoms with E-state index in [0.29, 0.717) is 5.92 Å². The van der Waals surface area contributed by atoms with E-state index >= 15 is 0 Å². The van der Waals surface area contributed by atoms with Crippen LogP contribution in [-0.4, -0.2) is 43.7 Å². The first kappa shape index (κ1) is 20.9. The van der Waals surface area contributed by atoms with Gasteiger partial charge in [0, 0.05) is 22.6 Å². The first-order valence-electron chi connectivity index (χ1n) is 9.41. The average Bonchev–Trinajstić information content (AvgIpc) is 3.20. The molecule has 2 fully saturated rings. The van der Waals surface area contributed by atoms with Gasteiger partial charge in [-0.3, -0.25) is 4.79 Å². The Balaban J connectivity index is 0.00000225. The molecule has 0 radical (unpaired) electrons. The predicted molar refractivity (Wildman–Crippen MR) is 99.3 cm³/mol. The third-order valence-electron chi connectivity index (χ3n) is 6.23. The zero-order valence-electron chi connectivity index (χ0n) is 16.0. The first-order valence-corrected chi connectivity index (χ1v) is 10.2. The molecule has 1 aromatic rings. The molecular formula is C20H32BrNO2S. The second-order valence-electron chi connectivity index (χ2n) is 8.58. The van der Waals surface area contributed by atoms with Crippen molar-refractivity contribution in [3.63, 3.8) is 0 Å². The molecule has 3 rings (SSSR count). The van der Waals surface area contributed by atoms with Gasteiger partial charge in [0.2, 0.25) is 0 Å². The molecule has 1 atom stereocenters. The molecule has 25 heavy (non-hydrogen) atoms. The highest BCUT2D eigenvalue weighted by molar-refractivity contribution is 7.12. The molecular weight excluding hydrogens is 398 g/mol. The number of carbonyl (C=O) groups excluding carboxylic acids is 1. The molecule has 5 heteroatoms. The summed E-state index contributed by atoms with van der Waals surface area (Å²) in [6.07, 6.45) is 6.87. The number of piperidine rings is 1. The second-order valence-corrected chi connectivity index (χ2v) is 9.87. The molecule has 1 aliphatic heterocycles. The number of carbonyl (C=O) groups is 1. The molecule has 0 bridgehead atoms. The first-order chi connectivity index (χ1) is 11.3. The monoisotopic (exact) mass is 429 g/mol. The van der Waals surface area contributed by atoms with Crippen molar-refractivity contribution >= 4 is 17.3 Å². The van der Waals surface area contributed by atoms with Gasteiger partial charge < -0.3 is 26.2 Å². The van der Waals surface area contributed by atoms with Crippen LogP contribution in [0, 0.1) is 12.8 Å². The van der Waals surface area contributed by atoms with Gasteiger partial charge in [-0.1, -0.05) is 12.8 Å². The number of halogens is 1. The lowest BCUT2D eigenvalue weighted by molar-refractivity contribution is -0.896. The van der Waals surface area contributed by atoms with Gasteiger partial charge >= 0.3 is 5.97 Å². The van der Waals surface area contributed by atoms with E-state index in [1.807, 2.05) is 0 Å². The molecule has 3 nitrogen and oxygen atoms in total. The van der Waals surface area contributed by atoms with Crippen LogP contribution < -0.4 is 17.0 Å². The van der Waals surface area contributed by atoms with E-state index in [1.165, 1.54) is 22.6 Å². The summed E-state index contributed by atoms with van der Waals surface area (Å²) < 4.78 is 7.12. The van der Waals surface area contributed by atoms with Crippen molar-refractivity contribution in [3.05, 3.63) is 21.9 Å². The number of esters is 1. The molecule has 142 valence electrons.